The number of ether oxygens (including phenoxy) is 1. The summed E-state index contributed by atoms with van der Waals surface area (Å²) in [5.74, 6) is -3.71. The lowest BCUT2D eigenvalue weighted by molar-refractivity contribution is -0.134. The molecule has 0 saturated carbocycles. The minimum atomic E-state index is -1.37. The van der Waals surface area contributed by atoms with Crippen LogP contribution < -0.4 is 37.1 Å². The molecule has 256 valence electrons. The molecule has 1 aromatic heterocycles. The molecule has 1 aromatic carbocycles. The van der Waals surface area contributed by atoms with Gasteiger partial charge in [-0.3, -0.25) is 33.4 Å². The molecule has 3 rings (SSSR count). The second-order valence-corrected chi connectivity index (χ2v) is 12.0. The van der Waals surface area contributed by atoms with Gasteiger partial charge in [-0.25, -0.2) is 0 Å². The molecule has 3 atom stereocenters. The van der Waals surface area contributed by atoms with Crippen LogP contribution in [0.25, 0.3) is 0 Å². The number of rotatable bonds is 10. The molecule has 6 amide bonds. The predicted molar refractivity (Wildman–Crippen MR) is 172 cm³/mol. The zero-order valence-electron chi connectivity index (χ0n) is 27.3. The summed E-state index contributed by atoms with van der Waals surface area (Å²) in [5.41, 5.74) is 5.97. The van der Waals surface area contributed by atoms with Gasteiger partial charge in [-0.05, 0) is 63.6 Å². The number of carbonyl (C=O) groups is 6. The van der Waals surface area contributed by atoms with Crippen LogP contribution in [-0.4, -0.2) is 83.0 Å². The number of aromatic nitrogens is 2. The molecular formula is C32H46N8O7. The molecule has 47 heavy (non-hydrogen) atoms. The lowest BCUT2D eigenvalue weighted by atomic mass is 10.0. The fourth-order valence-corrected chi connectivity index (χ4v) is 5.01. The number of nitrogens with zero attached hydrogens (tertiary/aromatic N) is 2. The Morgan fingerprint density at radius 2 is 1.72 bits per heavy atom. The number of amides is 6. The van der Waals surface area contributed by atoms with Crippen LogP contribution in [0, 0.1) is 5.92 Å². The molecule has 1 aliphatic heterocycles. The highest BCUT2D eigenvalue weighted by Gasteiger charge is 2.32. The molecule has 2 heterocycles. The number of benzene rings is 1. The van der Waals surface area contributed by atoms with Gasteiger partial charge in [-0.1, -0.05) is 26.0 Å². The molecule has 0 unspecified atom stereocenters. The summed E-state index contributed by atoms with van der Waals surface area (Å²) in [6.45, 7) is 8.04. The van der Waals surface area contributed by atoms with E-state index in [4.69, 9.17) is 10.5 Å². The molecule has 1 aliphatic rings. The first-order valence-corrected chi connectivity index (χ1v) is 15.9. The molecule has 0 bridgehead atoms. The van der Waals surface area contributed by atoms with E-state index in [0.29, 0.717) is 31.5 Å². The smallest absolute Gasteiger partial charge is 0.269 e. The zero-order chi connectivity index (χ0) is 34.5. The summed E-state index contributed by atoms with van der Waals surface area (Å²) in [5, 5.41) is 17.8. The van der Waals surface area contributed by atoms with Crippen molar-refractivity contribution in [3.63, 3.8) is 0 Å². The SMILES string of the molecule is CC(C)[C@H]1NC(=O)[C@H](CC(N)=O)NC(=O)c2ccccc2OCCCNC(=O)[C@H](CCCCNC(=O)c2ccnn2C(C)C)NC1=O. The number of para-hydroxylation sites is 1. The summed E-state index contributed by atoms with van der Waals surface area (Å²) in [6, 6.07) is 4.70. The van der Waals surface area contributed by atoms with Crippen LogP contribution in [0.5, 0.6) is 5.75 Å². The van der Waals surface area contributed by atoms with E-state index in [0.717, 1.165) is 0 Å². The Labute approximate surface area is 274 Å². The molecule has 15 nitrogen and oxygen atoms in total. The van der Waals surface area contributed by atoms with Gasteiger partial charge in [0.25, 0.3) is 11.8 Å². The molecule has 7 N–H and O–H groups in total. The van der Waals surface area contributed by atoms with Gasteiger partial charge in [-0.2, -0.15) is 5.10 Å². The summed E-state index contributed by atoms with van der Waals surface area (Å²) >= 11 is 0. The third-order valence-corrected chi connectivity index (χ3v) is 7.51. The van der Waals surface area contributed by atoms with Crippen molar-refractivity contribution < 1.29 is 33.5 Å². The normalized spacial score (nSPS) is 19.8. The fourth-order valence-electron chi connectivity index (χ4n) is 5.01. The Morgan fingerprint density at radius 3 is 2.43 bits per heavy atom. The summed E-state index contributed by atoms with van der Waals surface area (Å²) < 4.78 is 7.43. The number of hydrogen-bond acceptors (Lipinski definition) is 8. The van der Waals surface area contributed by atoms with Crippen LogP contribution in [0.15, 0.2) is 36.5 Å². The molecule has 0 saturated heterocycles. The van der Waals surface area contributed by atoms with Gasteiger partial charge in [0.05, 0.1) is 18.6 Å². The topological polar surface area (TPSA) is 216 Å². The van der Waals surface area contributed by atoms with Crippen molar-refractivity contribution in [2.45, 2.75) is 84.0 Å². The summed E-state index contributed by atoms with van der Waals surface area (Å²) in [7, 11) is 0. The van der Waals surface area contributed by atoms with E-state index in [1.165, 1.54) is 6.07 Å². The van der Waals surface area contributed by atoms with Gasteiger partial charge >= 0.3 is 0 Å². The first-order chi connectivity index (χ1) is 22.4. The molecule has 0 radical (unpaired) electrons. The van der Waals surface area contributed by atoms with E-state index in [1.807, 2.05) is 13.8 Å². The quantitative estimate of drug-likeness (QED) is 0.199. The minimum absolute atomic E-state index is 0.0236. The van der Waals surface area contributed by atoms with Crippen LogP contribution in [0.1, 0.15) is 86.7 Å². The number of hydrogen-bond donors (Lipinski definition) is 6. The Kier molecular flexibility index (Phi) is 13.7. The summed E-state index contributed by atoms with van der Waals surface area (Å²) in [6.07, 6.45) is 2.76. The Morgan fingerprint density at radius 1 is 0.979 bits per heavy atom. The fraction of sp³-hybridized carbons (Fsp3) is 0.531. The third-order valence-electron chi connectivity index (χ3n) is 7.51. The number of primary amides is 1. The second-order valence-electron chi connectivity index (χ2n) is 12.0. The lowest BCUT2D eigenvalue weighted by Gasteiger charge is -2.27. The largest absolute Gasteiger partial charge is 0.493 e. The maximum atomic E-state index is 13.5. The van der Waals surface area contributed by atoms with Crippen molar-refractivity contribution in [3.8, 4) is 5.75 Å². The molecule has 0 aliphatic carbocycles. The van der Waals surface area contributed by atoms with Crippen molar-refractivity contribution in [1.82, 2.24) is 36.4 Å². The number of nitrogens with two attached hydrogens (primary N) is 1. The molecular weight excluding hydrogens is 608 g/mol. The number of unbranched alkanes of at least 4 members (excludes halogenated alkanes) is 1. The number of nitrogens with one attached hydrogen (secondary N) is 5. The van der Waals surface area contributed by atoms with E-state index in [1.54, 1.807) is 49.0 Å². The van der Waals surface area contributed by atoms with E-state index in [-0.39, 0.29) is 42.8 Å². The van der Waals surface area contributed by atoms with Gasteiger partial charge in [0.1, 0.15) is 29.6 Å². The molecule has 0 fully saturated rings. The minimum Gasteiger partial charge on any atom is -0.493 e. The maximum absolute atomic E-state index is 13.5. The molecule has 15 heteroatoms. The molecule has 0 spiro atoms. The van der Waals surface area contributed by atoms with E-state index in [9.17, 15) is 28.8 Å². The van der Waals surface area contributed by atoms with Crippen molar-refractivity contribution in [3.05, 3.63) is 47.8 Å². The van der Waals surface area contributed by atoms with Crippen LogP contribution in [0.4, 0.5) is 0 Å². The first-order valence-electron chi connectivity index (χ1n) is 15.9. The van der Waals surface area contributed by atoms with E-state index < -0.39 is 60.0 Å². The van der Waals surface area contributed by atoms with Gasteiger partial charge in [-0.15, -0.1) is 0 Å². The Bertz CT molecular complexity index is 1420. The third kappa shape index (κ3) is 10.8. The second kappa shape index (κ2) is 17.7. The predicted octanol–water partition coefficient (Wildman–Crippen LogP) is 0.562. The highest BCUT2D eigenvalue weighted by molar-refractivity contribution is 6.01. The van der Waals surface area contributed by atoms with E-state index >= 15 is 0 Å². The highest BCUT2D eigenvalue weighted by Crippen LogP contribution is 2.19. The number of fused-ring (bicyclic) bond motifs is 1. The maximum Gasteiger partial charge on any atom is 0.269 e. The average molecular weight is 655 g/mol. The van der Waals surface area contributed by atoms with Crippen LogP contribution in [0.2, 0.25) is 0 Å². The van der Waals surface area contributed by atoms with E-state index in [2.05, 4.69) is 31.7 Å². The first kappa shape index (κ1) is 36.5. The van der Waals surface area contributed by atoms with Crippen LogP contribution >= 0.6 is 0 Å². The number of carbonyl (C=O) groups excluding carboxylic acids is 6. The van der Waals surface area contributed by atoms with Crippen LogP contribution in [-0.2, 0) is 19.2 Å². The molecule has 2 aromatic rings. The van der Waals surface area contributed by atoms with Gasteiger partial charge < -0.3 is 37.1 Å². The Balaban J connectivity index is 1.74. The Hall–Kier alpha value is -4.95. The summed E-state index contributed by atoms with van der Waals surface area (Å²) in [4.78, 5) is 77.7. The highest BCUT2D eigenvalue weighted by atomic mass is 16.5. The standard InChI is InChI=1S/C32H46N8O7/c1-19(2)27-32(46)37-22(11-7-8-14-35-31(45)24-13-16-36-40(24)20(3)4)29(43)34-15-9-17-47-25-12-6-5-10-21(25)28(42)38-23(18-26(33)41)30(44)39-27/h5-6,10,12-13,16,19-20,22-23,27H,7-9,11,14-15,17-18H2,1-4H3,(H2,33,41)(H,34,43)(H,35,45)(H,37,46)(H,38,42)(H,39,44)/t22-,23-,27+/m0/s1. The van der Waals surface area contributed by atoms with Crippen molar-refractivity contribution >= 4 is 35.4 Å². The van der Waals surface area contributed by atoms with Crippen molar-refractivity contribution in [2.24, 2.45) is 11.7 Å². The zero-order valence-corrected chi connectivity index (χ0v) is 27.3. The van der Waals surface area contributed by atoms with Crippen molar-refractivity contribution in [2.75, 3.05) is 19.7 Å². The van der Waals surface area contributed by atoms with Gasteiger partial charge in [0, 0.05) is 25.3 Å². The average Bonchev–Trinajstić information content (AvgIpc) is 3.52. The van der Waals surface area contributed by atoms with Gasteiger partial charge in [0.15, 0.2) is 0 Å². The van der Waals surface area contributed by atoms with Crippen molar-refractivity contribution in [1.29, 1.82) is 0 Å². The monoisotopic (exact) mass is 654 g/mol. The lowest BCUT2D eigenvalue weighted by Crippen LogP contribution is -2.58. The van der Waals surface area contributed by atoms with Gasteiger partial charge in [0.2, 0.25) is 23.6 Å². The van der Waals surface area contributed by atoms with Crippen LogP contribution in [0.3, 0.4) is 0 Å².